The molecule has 1 aromatic carbocycles. The third kappa shape index (κ3) is 4.37. The molecule has 0 spiro atoms. The second-order valence-corrected chi connectivity index (χ2v) is 6.82. The standard InChI is InChI=1S/C17H19N3OS2/c21-16(15-7-4-12-23-15)18-17(22)20-10-8-19(9-11-20)13-14-5-2-1-3-6-14/h1-7,12H,8-11,13H2,(H,18,21,22). The van der Waals surface area contributed by atoms with Crippen molar-refractivity contribution in [3.63, 3.8) is 0 Å². The number of rotatable bonds is 3. The highest BCUT2D eigenvalue weighted by Crippen LogP contribution is 2.10. The van der Waals surface area contributed by atoms with E-state index in [0.29, 0.717) is 9.99 Å². The summed E-state index contributed by atoms with van der Waals surface area (Å²) in [6.45, 7) is 4.55. The fourth-order valence-electron chi connectivity index (χ4n) is 2.60. The normalized spacial score (nSPS) is 15.4. The van der Waals surface area contributed by atoms with Crippen LogP contribution in [0.2, 0.25) is 0 Å². The first-order valence-electron chi connectivity index (χ1n) is 7.62. The molecule has 1 aliphatic rings. The number of piperazine rings is 1. The van der Waals surface area contributed by atoms with Crippen molar-refractivity contribution < 1.29 is 4.79 Å². The molecule has 120 valence electrons. The van der Waals surface area contributed by atoms with Crippen LogP contribution in [0, 0.1) is 0 Å². The van der Waals surface area contributed by atoms with Gasteiger partial charge in [0.25, 0.3) is 5.91 Å². The van der Waals surface area contributed by atoms with E-state index in [1.807, 2.05) is 17.5 Å². The number of hydrogen-bond donors (Lipinski definition) is 1. The van der Waals surface area contributed by atoms with Crippen molar-refractivity contribution in [2.24, 2.45) is 0 Å². The smallest absolute Gasteiger partial charge is 0.267 e. The van der Waals surface area contributed by atoms with Gasteiger partial charge in [-0.25, -0.2) is 0 Å². The zero-order valence-corrected chi connectivity index (χ0v) is 14.4. The first kappa shape index (κ1) is 16.1. The Balaban J connectivity index is 1.47. The van der Waals surface area contributed by atoms with E-state index in [1.165, 1.54) is 16.9 Å². The number of carbonyl (C=O) groups excluding carboxylic acids is 1. The molecule has 1 aliphatic heterocycles. The Bertz CT molecular complexity index is 650. The second-order valence-electron chi connectivity index (χ2n) is 5.49. The van der Waals surface area contributed by atoms with Crippen molar-refractivity contribution in [2.45, 2.75) is 6.54 Å². The third-order valence-electron chi connectivity index (χ3n) is 3.87. The van der Waals surface area contributed by atoms with E-state index < -0.39 is 0 Å². The number of amides is 1. The minimum atomic E-state index is -0.114. The highest BCUT2D eigenvalue weighted by molar-refractivity contribution is 7.80. The predicted molar refractivity (Wildman–Crippen MR) is 97.7 cm³/mol. The van der Waals surface area contributed by atoms with E-state index in [2.05, 4.69) is 39.4 Å². The second kappa shape index (κ2) is 7.68. The van der Waals surface area contributed by atoms with Gasteiger partial charge in [-0.15, -0.1) is 11.3 Å². The van der Waals surface area contributed by atoms with E-state index in [0.717, 1.165) is 32.7 Å². The first-order valence-corrected chi connectivity index (χ1v) is 8.91. The molecule has 2 heterocycles. The summed E-state index contributed by atoms with van der Waals surface area (Å²) in [7, 11) is 0. The van der Waals surface area contributed by atoms with Crippen molar-refractivity contribution in [1.82, 2.24) is 15.1 Å². The molecular weight excluding hydrogens is 326 g/mol. The summed E-state index contributed by atoms with van der Waals surface area (Å²) < 4.78 is 0. The van der Waals surface area contributed by atoms with Crippen molar-refractivity contribution in [2.75, 3.05) is 26.2 Å². The zero-order valence-electron chi connectivity index (χ0n) is 12.8. The van der Waals surface area contributed by atoms with Gasteiger partial charge in [-0.05, 0) is 29.2 Å². The lowest BCUT2D eigenvalue weighted by Crippen LogP contribution is -2.52. The molecule has 0 radical (unpaired) electrons. The van der Waals surface area contributed by atoms with Gasteiger partial charge >= 0.3 is 0 Å². The van der Waals surface area contributed by atoms with Gasteiger partial charge in [0.15, 0.2) is 5.11 Å². The molecular formula is C17H19N3OS2. The number of hydrogen-bond acceptors (Lipinski definition) is 4. The molecule has 1 fully saturated rings. The van der Waals surface area contributed by atoms with Crippen LogP contribution in [-0.2, 0) is 6.54 Å². The summed E-state index contributed by atoms with van der Waals surface area (Å²) in [4.78, 5) is 17.2. The molecule has 0 aliphatic carbocycles. The molecule has 1 saturated heterocycles. The third-order valence-corrected chi connectivity index (χ3v) is 5.10. The monoisotopic (exact) mass is 345 g/mol. The molecule has 0 saturated carbocycles. The van der Waals surface area contributed by atoms with E-state index in [1.54, 1.807) is 6.07 Å². The lowest BCUT2D eigenvalue weighted by Gasteiger charge is -2.36. The topological polar surface area (TPSA) is 35.6 Å². The summed E-state index contributed by atoms with van der Waals surface area (Å²) in [5.74, 6) is -0.114. The van der Waals surface area contributed by atoms with Crippen LogP contribution >= 0.6 is 23.6 Å². The molecule has 23 heavy (non-hydrogen) atoms. The Hall–Kier alpha value is -1.76. The Kier molecular flexibility index (Phi) is 5.38. The average Bonchev–Trinajstić information content (AvgIpc) is 3.11. The summed E-state index contributed by atoms with van der Waals surface area (Å²) in [5.41, 5.74) is 1.33. The fraction of sp³-hybridized carbons (Fsp3) is 0.294. The van der Waals surface area contributed by atoms with Crippen LogP contribution in [0.15, 0.2) is 47.8 Å². The van der Waals surface area contributed by atoms with Gasteiger partial charge in [-0.3, -0.25) is 15.0 Å². The largest absolute Gasteiger partial charge is 0.346 e. The van der Waals surface area contributed by atoms with Crippen molar-refractivity contribution >= 4 is 34.6 Å². The maximum atomic E-state index is 12.0. The first-order chi connectivity index (χ1) is 11.2. The van der Waals surface area contributed by atoms with Crippen LogP contribution < -0.4 is 5.32 Å². The summed E-state index contributed by atoms with van der Waals surface area (Å²) in [5, 5.41) is 5.25. The van der Waals surface area contributed by atoms with Gasteiger partial charge in [-0.1, -0.05) is 36.4 Å². The summed E-state index contributed by atoms with van der Waals surface area (Å²) in [6, 6.07) is 14.2. The van der Waals surface area contributed by atoms with Gasteiger partial charge in [0.2, 0.25) is 0 Å². The van der Waals surface area contributed by atoms with E-state index in [9.17, 15) is 4.79 Å². The Morgan fingerprint density at radius 3 is 2.48 bits per heavy atom. The molecule has 1 aromatic heterocycles. The molecule has 3 rings (SSSR count). The van der Waals surface area contributed by atoms with Crippen molar-refractivity contribution in [3.05, 3.63) is 58.3 Å². The van der Waals surface area contributed by atoms with E-state index in [-0.39, 0.29) is 5.91 Å². The molecule has 4 nitrogen and oxygen atoms in total. The number of nitrogens with zero attached hydrogens (tertiary/aromatic N) is 2. The molecule has 2 aromatic rings. The summed E-state index contributed by atoms with van der Waals surface area (Å²) >= 11 is 6.80. The maximum Gasteiger partial charge on any atom is 0.267 e. The van der Waals surface area contributed by atoms with Crippen LogP contribution in [-0.4, -0.2) is 47.0 Å². The quantitative estimate of drug-likeness (QED) is 0.868. The molecule has 6 heteroatoms. The molecule has 1 N–H and O–H groups in total. The van der Waals surface area contributed by atoms with Crippen LogP contribution in [0.3, 0.4) is 0 Å². The Morgan fingerprint density at radius 1 is 1.09 bits per heavy atom. The molecule has 0 atom stereocenters. The van der Waals surface area contributed by atoms with Crippen LogP contribution in [0.4, 0.5) is 0 Å². The minimum absolute atomic E-state index is 0.114. The number of thiocarbonyl (C=S) groups is 1. The number of thiophene rings is 1. The predicted octanol–water partition coefficient (Wildman–Crippen LogP) is 2.58. The molecule has 0 unspecified atom stereocenters. The fourth-order valence-corrected chi connectivity index (χ4v) is 3.49. The molecule has 0 bridgehead atoms. The maximum absolute atomic E-state index is 12.0. The van der Waals surface area contributed by atoms with Gasteiger partial charge in [0.1, 0.15) is 0 Å². The highest BCUT2D eigenvalue weighted by atomic mass is 32.1. The Morgan fingerprint density at radius 2 is 1.83 bits per heavy atom. The SMILES string of the molecule is O=C(NC(=S)N1CCN(Cc2ccccc2)CC1)c1cccs1. The van der Waals surface area contributed by atoms with E-state index in [4.69, 9.17) is 12.2 Å². The number of nitrogens with one attached hydrogen (secondary N) is 1. The lowest BCUT2D eigenvalue weighted by atomic mass is 10.2. The van der Waals surface area contributed by atoms with Gasteiger partial charge in [0.05, 0.1) is 4.88 Å². The van der Waals surface area contributed by atoms with Gasteiger partial charge in [0, 0.05) is 32.7 Å². The number of benzene rings is 1. The van der Waals surface area contributed by atoms with Crippen LogP contribution in [0.5, 0.6) is 0 Å². The average molecular weight is 345 g/mol. The highest BCUT2D eigenvalue weighted by Gasteiger charge is 2.20. The van der Waals surface area contributed by atoms with Crippen LogP contribution in [0.25, 0.3) is 0 Å². The van der Waals surface area contributed by atoms with Gasteiger partial charge < -0.3 is 4.90 Å². The lowest BCUT2D eigenvalue weighted by molar-refractivity contribution is 0.0973. The van der Waals surface area contributed by atoms with E-state index >= 15 is 0 Å². The minimum Gasteiger partial charge on any atom is -0.346 e. The Labute approximate surface area is 145 Å². The number of carbonyl (C=O) groups is 1. The van der Waals surface area contributed by atoms with Gasteiger partial charge in [-0.2, -0.15) is 0 Å². The summed E-state index contributed by atoms with van der Waals surface area (Å²) in [6.07, 6.45) is 0. The van der Waals surface area contributed by atoms with Crippen molar-refractivity contribution in [3.8, 4) is 0 Å². The van der Waals surface area contributed by atoms with Crippen LogP contribution in [0.1, 0.15) is 15.2 Å². The van der Waals surface area contributed by atoms with Crippen molar-refractivity contribution in [1.29, 1.82) is 0 Å². The molecule has 1 amide bonds. The zero-order chi connectivity index (χ0) is 16.1.